The van der Waals surface area contributed by atoms with Crippen LogP contribution in [0.5, 0.6) is 0 Å². The van der Waals surface area contributed by atoms with E-state index < -0.39 is 0 Å². The molecule has 0 unspecified atom stereocenters. The van der Waals surface area contributed by atoms with Gasteiger partial charge >= 0.3 is 5.63 Å². The Hall–Kier alpha value is -5.41. The molecule has 0 saturated carbocycles. The summed E-state index contributed by atoms with van der Waals surface area (Å²) in [5.41, 5.74) is 7.67. The lowest BCUT2D eigenvalue weighted by Gasteiger charge is -2.28. The molecule has 0 atom stereocenters. The molecule has 0 saturated heterocycles. The quantitative estimate of drug-likeness (QED) is 0.169. The lowest BCUT2D eigenvalue weighted by atomic mass is 10.0. The number of para-hydroxylation sites is 2. The van der Waals surface area contributed by atoms with Gasteiger partial charge in [0, 0.05) is 27.7 Å². The molecule has 190 valence electrons. The van der Waals surface area contributed by atoms with Gasteiger partial charge in [0.2, 0.25) is 0 Å². The second-order valence-corrected chi connectivity index (χ2v) is 9.75. The molecule has 6 aromatic carbocycles. The molecule has 40 heavy (non-hydrogen) atoms. The highest BCUT2D eigenvalue weighted by Crippen LogP contribution is 2.42. The summed E-state index contributed by atoms with van der Waals surface area (Å²) in [6, 6.07) is 51.4. The largest absolute Gasteiger partial charge is 0.422 e. The number of hydrogen-bond donors (Lipinski definition) is 0. The highest BCUT2D eigenvalue weighted by Gasteiger charge is 2.19. The standard InChI is InChI=1S/C37H25NO2/c39-37-34-25-30(23-24-32(34)33-16-8-10-18-36(33)40-37)38(29-21-19-27(20-22-29)26-11-3-1-4-12-26)35-17-9-7-15-31(35)28-13-5-2-6-14-28/h1-25H. The van der Waals surface area contributed by atoms with E-state index in [0.29, 0.717) is 11.0 Å². The Kier molecular flexibility index (Phi) is 5.95. The van der Waals surface area contributed by atoms with Gasteiger partial charge < -0.3 is 9.32 Å². The van der Waals surface area contributed by atoms with Crippen molar-refractivity contribution in [1.82, 2.24) is 0 Å². The lowest BCUT2D eigenvalue weighted by molar-refractivity contribution is 0.569. The molecule has 3 nitrogen and oxygen atoms in total. The minimum absolute atomic E-state index is 0.341. The van der Waals surface area contributed by atoms with Crippen LogP contribution in [0.1, 0.15) is 0 Å². The number of nitrogens with zero attached hydrogens (tertiary/aromatic N) is 1. The van der Waals surface area contributed by atoms with Crippen molar-refractivity contribution in [2.24, 2.45) is 0 Å². The summed E-state index contributed by atoms with van der Waals surface area (Å²) in [6.45, 7) is 0. The van der Waals surface area contributed by atoms with Crippen LogP contribution in [0.4, 0.5) is 17.1 Å². The Labute approximate surface area is 232 Å². The van der Waals surface area contributed by atoms with Gasteiger partial charge in [0.25, 0.3) is 0 Å². The molecule has 0 fully saturated rings. The Morgan fingerprint density at radius 2 is 1.05 bits per heavy atom. The number of benzene rings is 6. The fourth-order valence-electron chi connectivity index (χ4n) is 5.40. The number of rotatable bonds is 5. The van der Waals surface area contributed by atoms with Crippen LogP contribution in [0.25, 0.3) is 44.0 Å². The SMILES string of the molecule is O=c1oc2ccccc2c2ccc(N(c3ccc(-c4ccccc4)cc3)c3ccccc3-c3ccccc3)cc12. The van der Waals surface area contributed by atoms with Crippen LogP contribution in [-0.4, -0.2) is 0 Å². The van der Waals surface area contributed by atoms with Crippen molar-refractivity contribution in [1.29, 1.82) is 0 Å². The van der Waals surface area contributed by atoms with Crippen LogP contribution < -0.4 is 10.5 Å². The summed E-state index contributed by atoms with van der Waals surface area (Å²) in [4.78, 5) is 15.4. The predicted octanol–water partition coefficient (Wildman–Crippen LogP) is 9.75. The number of fused-ring (bicyclic) bond motifs is 3. The first-order chi connectivity index (χ1) is 19.8. The molecule has 0 radical (unpaired) electrons. The molecule has 3 heteroatoms. The number of anilines is 3. The van der Waals surface area contributed by atoms with Gasteiger partial charge in [-0.3, -0.25) is 0 Å². The van der Waals surface area contributed by atoms with E-state index in [1.807, 2.05) is 48.5 Å². The van der Waals surface area contributed by atoms with Crippen molar-refractivity contribution in [2.75, 3.05) is 4.90 Å². The van der Waals surface area contributed by atoms with Crippen LogP contribution in [0, 0.1) is 0 Å². The highest BCUT2D eigenvalue weighted by atomic mass is 16.4. The summed E-state index contributed by atoms with van der Waals surface area (Å²) in [7, 11) is 0. The zero-order chi connectivity index (χ0) is 26.9. The Morgan fingerprint density at radius 1 is 0.450 bits per heavy atom. The molecule has 0 amide bonds. The van der Waals surface area contributed by atoms with Gasteiger partial charge in [0.1, 0.15) is 5.58 Å². The van der Waals surface area contributed by atoms with Crippen molar-refractivity contribution in [3.8, 4) is 22.3 Å². The third-order valence-corrected chi connectivity index (χ3v) is 7.32. The van der Waals surface area contributed by atoms with E-state index in [4.69, 9.17) is 4.42 Å². The van der Waals surface area contributed by atoms with Crippen LogP contribution >= 0.6 is 0 Å². The van der Waals surface area contributed by atoms with Crippen molar-refractivity contribution < 1.29 is 4.42 Å². The van der Waals surface area contributed by atoms with Gasteiger partial charge in [-0.25, -0.2) is 4.79 Å². The maximum atomic E-state index is 13.1. The van der Waals surface area contributed by atoms with Crippen molar-refractivity contribution in [2.45, 2.75) is 0 Å². The van der Waals surface area contributed by atoms with E-state index in [9.17, 15) is 4.79 Å². The predicted molar refractivity (Wildman–Crippen MR) is 166 cm³/mol. The molecule has 7 aromatic rings. The molecule has 1 heterocycles. The van der Waals surface area contributed by atoms with E-state index >= 15 is 0 Å². The van der Waals surface area contributed by atoms with Gasteiger partial charge in [-0.2, -0.15) is 0 Å². The fourth-order valence-corrected chi connectivity index (χ4v) is 5.40. The molecular weight excluding hydrogens is 490 g/mol. The topological polar surface area (TPSA) is 33.5 Å². The maximum Gasteiger partial charge on any atom is 0.344 e. The van der Waals surface area contributed by atoms with Crippen LogP contribution in [-0.2, 0) is 0 Å². The highest BCUT2D eigenvalue weighted by molar-refractivity contribution is 6.05. The molecule has 0 aliphatic rings. The summed E-state index contributed by atoms with van der Waals surface area (Å²) < 4.78 is 5.70. The van der Waals surface area contributed by atoms with Gasteiger partial charge in [0.05, 0.1) is 11.1 Å². The van der Waals surface area contributed by atoms with E-state index in [2.05, 4.69) is 108 Å². The van der Waals surface area contributed by atoms with E-state index in [1.165, 1.54) is 5.56 Å². The maximum absolute atomic E-state index is 13.1. The first-order valence-corrected chi connectivity index (χ1v) is 13.3. The molecule has 0 bridgehead atoms. The summed E-state index contributed by atoms with van der Waals surface area (Å²) in [6.07, 6.45) is 0. The van der Waals surface area contributed by atoms with E-state index in [1.54, 1.807) is 0 Å². The van der Waals surface area contributed by atoms with E-state index in [-0.39, 0.29) is 5.63 Å². The van der Waals surface area contributed by atoms with Crippen molar-refractivity contribution in [3.05, 3.63) is 162 Å². The molecule has 0 aliphatic carbocycles. The van der Waals surface area contributed by atoms with Gasteiger partial charge in [-0.1, -0.05) is 115 Å². The summed E-state index contributed by atoms with van der Waals surface area (Å²) in [5.74, 6) is 0. The lowest BCUT2D eigenvalue weighted by Crippen LogP contribution is -2.12. The zero-order valence-corrected chi connectivity index (χ0v) is 21.7. The first kappa shape index (κ1) is 23.7. The minimum atomic E-state index is -0.341. The molecule has 1 aromatic heterocycles. The first-order valence-electron chi connectivity index (χ1n) is 13.3. The van der Waals surface area contributed by atoms with Gasteiger partial charge in [-0.05, 0) is 53.1 Å². The Balaban J connectivity index is 1.44. The van der Waals surface area contributed by atoms with Gasteiger partial charge in [-0.15, -0.1) is 0 Å². The molecule has 0 N–H and O–H groups in total. The van der Waals surface area contributed by atoms with Crippen LogP contribution in [0.2, 0.25) is 0 Å². The Morgan fingerprint density at radius 3 is 1.82 bits per heavy atom. The fraction of sp³-hybridized carbons (Fsp3) is 0. The zero-order valence-electron chi connectivity index (χ0n) is 21.7. The van der Waals surface area contributed by atoms with Gasteiger partial charge in [0.15, 0.2) is 0 Å². The smallest absolute Gasteiger partial charge is 0.344 e. The molecule has 0 aliphatic heterocycles. The molecule has 7 rings (SSSR count). The third kappa shape index (κ3) is 4.24. The average Bonchev–Trinajstić information content (AvgIpc) is 3.03. The summed E-state index contributed by atoms with van der Waals surface area (Å²) >= 11 is 0. The second-order valence-electron chi connectivity index (χ2n) is 9.75. The minimum Gasteiger partial charge on any atom is -0.422 e. The number of hydrogen-bond acceptors (Lipinski definition) is 3. The van der Waals surface area contributed by atoms with E-state index in [0.717, 1.165) is 44.5 Å². The normalized spacial score (nSPS) is 11.1. The van der Waals surface area contributed by atoms with Crippen molar-refractivity contribution in [3.63, 3.8) is 0 Å². The Bertz CT molecular complexity index is 2010. The third-order valence-electron chi connectivity index (χ3n) is 7.32. The van der Waals surface area contributed by atoms with Crippen LogP contribution in [0.3, 0.4) is 0 Å². The second kappa shape index (κ2) is 10.0. The molecular formula is C37H25NO2. The van der Waals surface area contributed by atoms with Crippen LogP contribution in [0.15, 0.2) is 161 Å². The monoisotopic (exact) mass is 515 g/mol. The van der Waals surface area contributed by atoms with Crippen molar-refractivity contribution >= 4 is 38.8 Å². The summed E-state index contributed by atoms with van der Waals surface area (Å²) in [5, 5.41) is 2.36. The average molecular weight is 516 g/mol. The molecule has 0 spiro atoms.